The van der Waals surface area contributed by atoms with Crippen LogP contribution in [0.15, 0.2) is 10.6 Å². The Labute approximate surface area is 125 Å². The number of anilines is 1. The van der Waals surface area contributed by atoms with Gasteiger partial charge in [0.2, 0.25) is 11.8 Å². The van der Waals surface area contributed by atoms with E-state index in [1.165, 1.54) is 0 Å². The van der Waals surface area contributed by atoms with Gasteiger partial charge in [0.1, 0.15) is 0 Å². The molecule has 1 fully saturated rings. The standard InChI is InChI=1S/C15H25N3O3/c1-10-8-18(6-5-11(10)19)9-13(20)16-14-7-12(17-21-14)15(2,3)4/h7,10-11,19H,5-6,8-9H2,1-4H3,(H,16,20). The van der Waals surface area contributed by atoms with E-state index in [1.54, 1.807) is 6.07 Å². The van der Waals surface area contributed by atoms with Gasteiger partial charge in [-0.25, -0.2) is 0 Å². The number of aliphatic hydroxyl groups excluding tert-OH is 1. The first-order valence-corrected chi connectivity index (χ1v) is 7.43. The van der Waals surface area contributed by atoms with Gasteiger partial charge in [0, 0.05) is 24.6 Å². The van der Waals surface area contributed by atoms with E-state index in [-0.39, 0.29) is 23.3 Å². The number of carbonyl (C=O) groups excluding carboxylic acids is 1. The summed E-state index contributed by atoms with van der Waals surface area (Å²) in [7, 11) is 0. The van der Waals surface area contributed by atoms with Crippen LogP contribution in [0.4, 0.5) is 5.88 Å². The van der Waals surface area contributed by atoms with Gasteiger partial charge in [-0.15, -0.1) is 0 Å². The molecule has 1 amide bonds. The van der Waals surface area contributed by atoms with Gasteiger partial charge in [-0.1, -0.05) is 32.9 Å². The Bertz CT molecular complexity index is 493. The molecule has 0 aromatic carbocycles. The fourth-order valence-corrected chi connectivity index (χ4v) is 2.43. The summed E-state index contributed by atoms with van der Waals surface area (Å²) in [5.41, 5.74) is 0.706. The molecule has 0 radical (unpaired) electrons. The Hall–Kier alpha value is -1.40. The molecular formula is C15H25N3O3. The molecule has 2 unspecified atom stereocenters. The quantitative estimate of drug-likeness (QED) is 0.886. The second kappa shape index (κ2) is 6.15. The molecule has 6 heteroatoms. The maximum Gasteiger partial charge on any atom is 0.240 e. The van der Waals surface area contributed by atoms with Crippen molar-refractivity contribution < 1.29 is 14.4 Å². The number of nitrogens with one attached hydrogen (secondary N) is 1. The molecule has 0 aliphatic carbocycles. The van der Waals surface area contributed by atoms with Gasteiger partial charge in [-0.05, 0) is 12.3 Å². The Kier molecular flexibility index (Phi) is 4.68. The lowest BCUT2D eigenvalue weighted by atomic mass is 9.92. The van der Waals surface area contributed by atoms with Gasteiger partial charge in [0.25, 0.3) is 0 Å². The number of likely N-dealkylation sites (tertiary alicyclic amines) is 1. The number of carbonyl (C=O) groups is 1. The van der Waals surface area contributed by atoms with Gasteiger partial charge in [0.15, 0.2) is 0 Å². The van der Waals surface area contributed by atoms with Gasteiger partial charge < -0.3 is 9.63 Å². The summed E-state index contributed by atoms with van der Waals surface area (Å²) in [6, 6.07) is 1.76. The summed E-state index contributed by atoms with van der Waals surface area (Å²) in [6.45, 7) is 9.90. The van der Waals surface area contributed by atoms with Gasteiger partial charge in [-0.2, -0.15) is 0 Å². The molecule has 1 aromatic heterocycles. The summed E-state index contributed by atoms with van der Waals surface area (Å²) in [6.07, 6.45) is 0.457. The van der Waals surface area contributed by atoms with Crippen LogP contribution in [-0.4, -0.2) is 46.8 Å². The Morgan fingerprint density at radius 1 is 1.57 bits per heavy atom. The molecule has 1 aliphatic heterocycles. The van der Waals surface area contributed by atoms with Gasteiger partial charge in [-0.3, -0.25) is 15.0 Å². The molecule has 2 rings (SSSR count). The molecule has 2 N–H and O–H groups in total. The van der Waals surface area contributed by atoms with E-state index in [2.05, 4.69) is 10.5 Å². The molecule has 1 saturated heterocycles. The van der Waals surface area contributed by atoms with Crippen LogP contribution < -0.4 is 5.32 Å². The third kappa shape index (κ3) is 4.28. The largest absolute Gasteiger partial charge is 0.393 e. The number of aliphatic hydroxyl groups is 1. The summed E-state index contributed by atoms with van der Waals surface area (Å²) < 4.78 is 5.15. The van der Waals surface area contributed by atoms with E-state index in [1.807, 2.05) is 32.6 Å². The minimum Gasteiger partial charge on any atom is -0.393 e. The molecule has 2 heterocycles. The van der Waals surface area contributed by atoms with Crippen LogP contribution in [0.3, 0.4) is 0 Å². The SMILES string of the molecule is CC1CN(CC(=O)Nc2cc(C(C)(C)C)no2)CCC1O. The van der Waals surface area contributed by atoms with Crippen molar-refractivity contribution in [3.8, 4) is 0 Å². The number of rotatable bonds is 3. The lowest BCUT2D eigenvalue weighted by molar-refractivity contribution is -0.118. The molecule has 1 aliphatic rings. The zero-order chi connectivity index (χ0) is 15.6. The number of hydrogen-bond acceptors (Lipinski definition) is 5. The van der Waals surface area contributed by atoms with E-state index in [0.717, 1.165) is 18.8 Å². The predicted molar refractivity (Wildman–Crippen MR) is 80.1 cm³/mol. The van der Waals surface area contributed by atoms with Crippen molar-refractivity contribution in [2.75, 3.05) is 25.0 Å². The normalized spacial score (nSPS) is 24.0. The maximum absolute atomic E-state index is 12.0. The number of piperidine rings is 1. The van der Waals surface area contributed by atoms with Crippen LogP contribution in [0, 0.1) is 5.92 Å². The molecule has 118 valence electrons. The fourth-order valence-electron chi connectivity index (χ4n) is 2.43. The van der Waals surface area contributed by atoms with Crippen LogP contribution in [0.2, 0.25) is 0 Å². The topological polar surface area (TPSA) is 78.6 Å². The van der Waals surface area contributed by atoms with E-state index in [9.17, 15) is 9.90 Å². The highest BCUT2D eigenvalue weighted by Gasteiger charge is 2.26. The molecular weight excluding hydrogens is 270 g/mol. The maximum atomic E-state index is 12.0. The molecule has 21 heavy (non-hydrogen) atoms. The van der Waals surface area contributed by atoms with Crippen molar-refractivity contribution in [3.63, 3.8) is 0 Å². The van der Waals surface area contributed by atoms with Crippen molar-refractivity contribution in [1.82, 2.24) is 10.1 Å². The average molecular weight is 295 g/mol. The van der Waals surface area contributed by atoms with Crippen LogP contribution >= 0.6 is 0 Å². The number of amides is 1. The third-order valence-electron chi connectivity index (χ3n) is 3.85. The highest BCUT2D eigenvalue weighted by molar-refractivity contribution is 5.91. The van der Waals surface area contributed by atoms with Crippen molar-refractivity contribution in [2.24, 2.45) is 5.92 Å². The van der Waals surface area contributed by atoms with E-state index in [0.29, 0.717) is 18.8 Å². The predicted octanol–water partition coefficient (Wildman–Crippen LogP) is 1.61. The van der Waals surface area contributed by atoms with Crippen molar-refractivity contribution in [1.29, 1.82) is 0 Å². The molecule has 6 nitrogen and oxygen atoms in total. The minimum absolute atomic E-state index is 0.106. The Morgan fingerprint density at radius 3 is 2.86 bits per heavy atom. The summed E-state index contributed by atoms with van der Waals surface area (Å²) in [5.74, 6) is 0.467. The Morgan fingerprint density at radius 2 is 2.29 bits per heavy atom. The third-order valence-corrected chi connectivity index (χ3v) is 3.85. The lowest BCUT2D eigenvalue weighted by Gasteiger charge is -2.33. The molecule has 0 bridgehead atoms. The van der Waals surface area contributed by atoms with Crippen molar-refractivity contribution in [3.05, 3.63) is 11.8 Å². The number of nitrogens with zero attached hydrogens (tertiary/aromatic N) is 2. The first kappa shape index (κ1) is 16.0. The highest BCUT2D eigenvalue weighted by atomic mass is 16.5. The molecule has 2 atom stereocenters. The highest BCUT2D eigenvalue weighted by Crippen LogP contribution is 2.23. The smallest absolute Gasteiger partial charge is 0.240 e. The monoisotopic (exact) mass is 295 g/mol. The van der Waals surface area contributed by atoms with E-state index < -0.39 is 0 Å². The summed E-state index contributed by atoms with van der Waals surface area (Å²) >= 11 is 0. The van der Waals surface area contributed by atoms with Crippen molar-refractivity contribution in [2.45, 2.75) is 45.6 Å². The van der Waals surface area contributed by atoms with Crippen LogP contribution in [0.25, 0.3) is 0 Å². The minimum atomic E-state index is -0.257. The molecule has 0 spiro atoms. The van der Waals surface area contributed by atoms with Crippen LogP contribution in [0.5, 0.6) is 0 Å². The van der Waals surface area contributed by atoms with Gasteiger partial charge >= 0.3 is 0 Å². The van der Waals surface area contributed by atoms with Crippen LogP contribution in [0.1, 0.15) is 39.8 Å². The molecule has 1 aromatic rings. The zero-order valence-corrected chi connectivity index (χ0v) is 13.2. The Balaban J connectivity index is 1.86. The van der Waals surface area contributed by atoms with Crippen molar-refractivity contribution >= 4 is 11.8 Å². The fraction of sp³-hybridized carbons (Fsp3) is 0.733. The first-order valence-electron chi connectivity index (χ1n) is 7.43. The summed E-state index contributed by atoms with van der Waals surface area (Å²) in [5, 5.41) is 16.4. The first-order chi connectivity index (χ1) is 9.75. The summed E-state index contributed by atoms with van der Waals surface area (Å²) in [4.78, 5) is 14.1. The number of aromatic nitrogens is 1. The zero-order valence-electron chi connectivity index (χ0n) is 13.2. The second-order valence-corrected chi connectivity index (χ2v) is 6.94. The van der Waals surface area contributed by atoms with Crippen LogP contribution in [-0.2, 0) is 10.2 Å². The lowest BCUT2D eigenvalue weighted by Crippen LogP contribution is -2.45. The number of hydrogen-bond donors (Lipinski definition) is 2. The van der Waals surface area contributed by atoms with Gasteiger partial charge in [0.05, 0.1) is 18.3 Å². The van der Waals surface area contributed by atoms with E-state index in [4.69, 9.17) is 4.52 Å². The van der Waals surface area contributed by atoms with E-state index >= 15 is 0 Å². The average Bonchev–Trinajstić information content (AvgIpc) is 2.82. The second-order valence-electron chi connectivity index (χ2n) is 6.94. The molecule has 0 saturated carbocycles.